The van der Waals surface area contributed by atoms with E-state index in [1.54, 1.807) is 0 Å². The molecule has 0 unspecified atom stereocenters. The van der Waals surface area contributed by atoms with E-state index in [0.717, 1.165) is 40.2 Å². The second-order valence-electron chi connectivity index (χ2n) is 8.83. The number of fused-ring (bicyclic) bond motifs is 2. The van der Waals surface area contributed by atoms with E-state index in [0.29, 0.717) is 24.5 Å². The third kappa shape index (κ3) is 4.39. The molecule has 0 spiro atoms. The molecule has 0 fully saturated rings. The molecule has 1 aliphatic heterocycles. The van der Waals surface area contributed by atoms with Crippen LogP contribution in [-0.4, -0.2) is 27.2 Å². The van der Waals surface area contributed by atoms with Crippen molar-refractivity contribution in [2.24, 2.45) is 0 Å². The molecule has 0 aliphatic carbocycles. The number of hydrogen-bond donors (Lipinski definition) is 2. The minimum atomic E-state index is -0.397. The van der Waals surface area contributed by atoms with Crippen LogP contribution in [0.3, 0.4) is 0 Å². The number of carbonyl (C=O) groups excluding carboxylic acids is 1. The molecule has 8 nitrogen and oxygen atoms in total. The molecule has 0 radical (unpaired) electrons. The molecule has 180 valence electrons. The van der Waals surface area contributed by atoms with Crippen molar-refractivity contribution in [3.63, 3.8) is 0 Å². The molecule has 0 saturated carbocycles. The van der Waals surface area contributed by atoms with E-state index in [4.69, 9.17) is 9.47 Å². The lowest BCUT2D eigenvalue weighted by Crippen LogP contribution is -2.34. The van der Waals surface area contributed by atoms with Crippen molar-refractivity contribution >= 4 is 16.9 Å². The Kier molecular flexibility index (Phi) is 6.03. The maximum Gasteiger partial charge on any atom is 0.257 e. The number of nitrogens with zero attached hydrogens (tertiary/aromatic N) is 2. The zero-order valence-electron chi connectivity index (χ0n) is 20.1. The lowest BCUT2D eigenvalue weighted by atomic mass is 10.0. The van der Waals surface area contributed by atoms with Crippen LogP contribution in [0.2, 0.25) is 0 Å². The van der Waals surface area contributed by atoms with Gasteiger partial charge in [0.2, 0.25) is 6.79 Å². The number of aromatic amines is 1. The molecule has 5 rings (SSSR count). The Bertz CT molecular complexity index is 1440. The van der Waals surface area contributed by atoms with Crippen LogP contribution < -0.4 is 20.2 Å². The maximum absolute atomic E-state index is 13.4. The number of H-pyrrole nitrogens is 1. The Morgan fingerprint density at radius 2 is 1.97 bits per heavy atom. The van der Waals surface area contributed by atoms with Gasteiger partial charge in [0.15, 0.2) is 16.9 Å². The molecule has 1 atom stereocenters. The van der Waals surface area contributed by atoms with Gasteiger partial charge in [0, 0.05) is 24.0 Å². The van der Waals surface area contributed by atoms with E-state index >= 15 is 0 Å². The number of hydrogen-bond acceptors (Lipinski definition) is 5. The van der Waals surface area contributed by atoms with E-state index < -0.39 is 11.9 Å². The molecule has 8 heteroatoms. The van der Waals surface area contributed by atoms with E-state index in [-0.39, 0.29) is 17.8 Å². The average Bonchev–Trinajstić information content (AvgIpc) is 3.48. The molecule has 2 N–H and O–H groups in total. The second kappa shape index (κ2) is 9.29. The summed E-state index contributed by atoms with van der Waals surface area (Å²) in [4.78, 5) is 34.3. The number of nitrogens with one attached hydrogen (secondary N) is 2. The van der Waals surface area contributed by atoms with E-state index in [1.807, 2.05) is 67.8 Å². The standard InChI is InChI=1S/C27H28N4O4/c1-4-7-21-25(27(33)28-17(3)26-29-19-8-5-6-9-20(19)30-26)22(32)12-16(2)31(21)14-18-10-11-23-24(13-18)35-15-34-23/h5-6,8-13,17H,4,7,14-15H2,1-3H3,(H,28,33)(H,29,30)/t17-/m1/s1. The van der Waals surface area contributed by atoms with Crippen molar-refractivity contribution in [1.29, 1.82) is 0 Å². The number of rotatable bonds is 7. The molecule has 2 aromatic carbocycles. The fraction of sp³-hybridized carbons (Fsp3) is 0.296. The molecule has 0 saturated heterocycles. The van der Waals surface area contributed by atoms with Gasteiger partial charge >= 0.3 is 0 Å². The van der Waals surface area contributed by atoms with Gasteiger partial charge in [-0.2, -0.15) is 0 Å². The van der Waals surface area contributed by atoms with Crippen molar-refractivity contribution in [3.05, 3.63) is 87.1 Å². The lowest BCUT2D eigenvalue weighted by Gasteiger charge is -2.21. The van der Waals surface area contributed by atoms with Crippen molar-refractivity contribution in [2.45, 2.75) is 46.2 Å². The Morgan fingerprint density at radius 3 is 2.77 bits per heavy atom. The van der Waals surface area contributed by atoms with Gasteiger partial charge < -0.3 is 24.3 Å². The van der Waals surface area contributed by atoms with Crippen LogP contribution in [0.1, 0.15) is 59.4 Å². The van der Waals surface area contributed by atoms with Gasteiger partial charge in [-0.25, -0.2) is 4.98 Å². The van der Waals surface area contributed by atoms with Crippen LogP contribution >= 0.6 is 0 Å². The fourth-order valence-corrected chi connectivity index (χ4v) is 4.53. The summed E-state index contributed by atoms with van der Waals surface area (Å²) in [6.07, 6.45) is 1.40. The Balaban J connectivity index is 1.47. The zero-order chi connectivity index (χ0) is 24.5. The number of pyridine rings is 1. The minimum absolute atomic E-state index is 0.182. The topological polar surface area (TPSA) is 98.2 Å². The van der Waals surface area contributed by atoms with Crippen LogP contribution in [0.25, 0.3) is 11.0 Å². The smallest absolute Gasteiger partial charge is 0.257 e. The van der Waals surface area contributed by atoms with Crippen molar-refractivity contribution in [3.8, 4) is 11.5 Å². The number of carbonyl (C=O) groups is 1. The highest BCUT2D eigenvalue weighted by molar-refractivity contribution is 5.95. The molecular weight excluding hydrogens is 444 g/mol. The minimum Gasteiger partial charge on any atom is -0.454 e. The maximum atomic E-state index is 13.4. The van der Waals surface area contributed by atoms with Crippen LogP contribution in [-0.2, 0) is 13.0 Å². The number of benzene rings is 2. The molecule has 2 aromatic heterocycles. The predicted octanol–water partition coefficient (Wildman–Crippen LogP) is 4.25. The zero-order valence-corrected chi connectivity index (χ0v) is 20.1. The quantitative estimate of drug-likeness (QED) is 0.419. The largest absolute Gasteiger partial charge is 0.454 e. The molecule has 3 heterocycles. The highest BCUT2D eigenvalue weighted by Gasteiger charge is 2.23. The number of amides is 1. The first kappa shape index (κ1) is 22.7. The summed E-state index contributed by atoms with van der Waals surface area (Å²) < 4.78 is 13.0. The van der Waals surface area contributed by atoms with Crippen molar-refractivity contribution < 1.29 is 14.3 Å². The van der Waals surface area contributed by atoms with Gasteiger partial charge in [-0.3, -0.25) is 9.59 Å². The predicted molar refractivity (Wildman–Crippen MR) is 133 cm³/mol. The fourth-order valence-electron chi connectivity index (χ4n) is 4.53. The van der Waals surface area contributed by atoms with Gasteiger partial charge in [-0.15, -0.1) is 0 Å². The van der Waals surface area contributed by atoms with Crippen molar-refractivity contribution in [2.75, 3.05) is 6.79 Å². The summed E-state index contributed by atoms with van der Waals surface area (Å²) in [5.41, 5.74) is 4.17. The van der Waals surface area contributed by atoms with Gasteiger partial charge in [-0.05, 0) is 50.1 Å². The Hall–Kier alpha value is -4.07. The van der Waals surface area contributed by atoms with Crippen LogP contribution in [0, 0.1) is 6.92 Å². The van der Waals surface area contributed by atoms with Gasteiger partial charge in [0.05, 0.1) is 17.1 Å². The van der Waals surface area contributed by atoms with E-state index in [2.05, 4.69) is 15.3 Å². The molecule has 4 aromatic rings. The summed E-state index contributed by atoms with van der Waals surface area (Å²) >= 11 is 0. The van der Waals surface area contributed by atoms with Crippen LogP contribution in [0.5, 0.6) is 11.5 Å². The highest BCUT2D eigenvalue weighted by atomic mass is 16.7. The molecule has 1 aliphatic rings. The number of aromatic nitrogens is 3. The monoisotopic (exact) mass is 472 g/mol. The first-order chi connectivity index (χ1) is 16.9. The summed E-state index contributed by atoms with van der Waals surface area (Å²) in [5.74, 6) is 1.67. The Labute approximate surface area is 202 Å². The third-order valence-electron chi connectivity index (χ3n) is 6.28. The normalized spacial score (nSPS) is 13.2. The van der Waals surface area contributed by atoms with Gasteiger partial charge in [0.1, 0.15) is 11.4 Å². The molecular formula is C27H28N4O4. The number of imidazole rings is 1. The first-order valence-corrected chi connectivity index (χ1v) is 11.8. The Morgan fingerprint density at radius 1 is 1.17 bits per heavy atom. The SMILES string of the molecule is CCCc1c(C(=O)N[C@H](C)c2nc3ccccc3[nH]2)c(=O)cc(C)n1Cc1ccc2c(c1)OCO2. The molecule has 1 amide bonds. The average molecular weight is 473 g/mol. The molecule has 0 bridgehead atoms. The lowest BCUT2D eigenvalue weighted by molar-refractivity contribution is 0.0935. The third-order valence-corrected chi connectivity index (χ3v) is 6.28. The van der Waals surface area contributed by atoms with E-state index in [9.17, 15) is 9.59 Å². The van der Waals surface area contributed by atoms with Crippen LogP contribution in [0.15, 0.2) is 53.3 Å². The molecule has 35 heavy (non-hydrogen) atoms. The number of aryl methyl sites for hydroxylation is 1. The van der Waals surface area contributed by atoms with E-state index in [1.165, 1.54) is 6.07 Å². The summed E-state index contributed by atoms with van der Waals surface area (Å²) in [5, 5.41) is 2.98. The number of para-hydroxylation sites is 2. The van der Waals surface area contributed by atoms with Gasteiger partial charge in [0.25, 0.3) is 5.91 Å². The number of ether oxygens (including phenoxy) is 2. The summed E-state index contributed by atoms with van der Waals surface area (Å²) in [6.45, 7) is 6.51. The summed E-state index contributed by atoms with van der Waals surface area (Å²) in [6, 6.07) is 14.6. The summed E-state index contributed by atoms with van der Waals surface area (Å²) in [7, 11) is 0. The second-order valence-corrected chi connectivity index (χ2v) is 8.83. The van der Waals surface area contributed by atoms with Gasteiger partial charge in [-0.1, -0.05) is 31.5 Å². The van der Waals surface area contributed by atoms with Crippen molar-refractivity contribution in [1.82, 2.24) is 19.9 Å². The highest BCUT2D eigenvalue weighted by Crippen LogP contribution is 2.33. The van der Waals surface area contributed by atoms with Crippen LogP contribution in [0.4, 0.5) is 0 Å². The first-order valence-electron chi connectivity index (χ1n) is 11.8.